The fourth-order valence-electron chi connectivity index (χ4n) is 3.19. The number of pyridine rings is 2. The Morgan fingerprint density at radius 1 is 0.862 bits per heavy atom. The molecule has 1 atom stereocenters. The van der Waals surface area contributed by atoms with Gasteiger partial charge in [-0.05, 0) is 17.5 Å². The summed E-state index contributed by atoms with van der Waals surface area (Å²) < 4.78 is 26.5. The number of rotatable bonds is 7. The van der Waals surface area contributed by atoms with Gasteiger partial charge in [0.25, 0.3) is 0 Å². The Hall–Kier alpha value is -1.92. The van der Waals surface area contributed by atoms with Crippen LogP contribution < -0.4 is 9.13 Å². The Morgan fingerprint density at radius 2 is 1.41 bits per heavy atom. The zero-order valence-corrected chi connectivity index (χ0v) is 17.4. The third-order valence-corrected chi connectivity index (χ3v) is 7.34. The Kier molecular flexibility index (Phi) is 6.34. The van der Waals surface area contributed by atoms with E-state index >= 15 is 0 Å². The minimum atomic E-state index is -4.35. The molecule has 10 heteroatoms. The lowest BCUT2D eigenvalue weighted by molar-refractivity contribution is -0.699. The molecule has 0 radical (unpaired) electrons. The highest BCUT2D eigenvalue weighted by Crippen LogP contribution is 2.54. The highest BCUT2D eigenvalue weighted by atomic mass is 31.2. The smallest absolute Gasteiger partial charge is 0.324 e. The summed E-state index contributed by atoms with van der Waals surface area (Å²) in [7, 11) is -8.38. The normalized spacial score (nSPS) is 19.4. The third kappa shape index (κ3) is 5.58. The van der Waals surface area contributed by atoms with Crippen LogP contribution in [0.25, 0.3) is 11.1 Å². The van der Waals surface area contributed by atoms with E-state index in [1.807, 2.05) is 24.3 Å². The van der Waals surface area contributed by atoms with Gasteiger partial charge in [0.05, 0.1) is 0 Å². The van der Waals surface area contributed by atoms with Crippen molar-refractivity contribution in [1.29, 1.82) is 0 Å². The van der Waals surface area contributed by atoms with Gasteiger partial charge in [0.15, 0.2) is 43.0 Å². The Bertz CT molecular complexity index is 1010. The molecule has 0 bridgehead atoms. The molecule has 0 saturated carbocycles. The molecule has 3 rings (SSSR count). The van der Waals surface area contributed by atoms with Crippen LogP contribution in [-0.4, -0.2) is 30.9 Å². The average molecular weight is 438 g/mol. The van der Waals surface area contributed by atoms with E-state index in [0.717, 1.165) is 11.1 Å². The highest BCUT2D eigenvalue weighted by Gasteiger charge is 2.48. The van der Waals surface area contributed by atoms with Crippen LogP contribution in [-0.2, 0) is 22.2 Å². The van der Waals surface area contributed by atoms with Crippen molar-refractivity contribution in [2.45, 2.75) is 24.7 Å². The second kappa shape index (κ2) is 8.44. The number of aromatic nitrogens is 2. The summed E-state index contributed by atoms with van der Waals surface area (Å²) in [4.78, 5) is 37.7. The topological polar surface area (TPSA) is 123 Å². The van der Waals surface area contributed by atoms with Crippen LogP contribution in [0.4, 0.5) is 0 Å². The maximum Gasteiger partial charge on any atom is 0.342 e. The summed E-state index contributed by atoms with van der Waals surface area (Å²) in [5, 5.41) is -1.24. The minimum Gasteiger partial charge on any atom is -0.324 e. The Morgan fingerprint density at radius 3 is 1.86 bits per heavy atom. The monoisotopic (exact) mass is 438 g/mol. The molecule has 1 aliphatic carbocycles. The largest absolute Gasteiger partial charge is 0.342 e. The number of allylic oxidation sites excluding steroid dienone is 4. The first-order valence-electron chi connectivity index (χ1n) is 9.01. The average Bonchev–Trinajstić information content (AvgIpc) is 2.67. The van der Waals surface area contributed by atoms with E-state index in [2.05, 4.69) is 0 Å². The Labute approximate surface area is 168 Å². The lowest BCUT2D eigenvalue weighted by atomic mass is 9.99. The van der Waals surface area contributed by atoms with Gasteiger partial charge in [-0.25, -0.2) is 9.13 Å². The van der Waals surface area contributed by atoms with E-state index < -0.39 is 20.3 Å². The van der Waals surface area contributed by atoms with E-state index in [1.54, 1.807) is 58.2 Å². The van der Waals surface area contributed by atoms with Crippen molar-refractivity contribution in [3.8, 4) is 11.1 Å². The molecule has 0 amide bonds. The van der Waals surface area contributed by atoms with E-state index in [1.165, 1.54) is 0 Å². The van der Waals surface area contributed by atoms with Crippen molar-refractivity contribution in [3.05, 3.63) is 73.4 Å². The van der Waals surface area contributed by atoms with Crippen LogP contribution in [0.1, 0.15) is 6.42 Å². The molecule has 154 valence electrons. The van der Waals surface area contributed by atoms with Crippen molar-refractivity contribution in [2.75, 3.05) is 6.16 Å². The molecule has 8 nitrogen and oxygen atoms in total. The number of aryl methyl sites for hydroxylation is 1. The van der Waals surface area contributed by atoms with Crippen molar-refractivity contribution in [2.24, 2.45) is 0 Å². The first-order valence-corrected chi connectivity index (χ1v) is 12.4. The fourth-order valence-corrected chi connectivity index (χ4v) is 4.66. The molecule has 0 spiro atoms. The van der Waals surface area contributed by atoms with Crippen LogP contribution in [0.5, 0.6) is 0 Å². The van der Waals surface area contributed by atoms with E-state index in [9.17, 15) is 18.9 Å². The van der Waals surface area contributed by atoms with Crippen molar-refractivity contribution in [3.63, 3.8) is 0 Å². The van der Waals surface area contributed by atoms with Gasteiger partial charge in [-0.2, -0.15) is 0 Å². The molecule has 0 fully saturated rings. The number of nitrogens with zero attached hydrogens (tertiary/aromatic N) is 2. The van der Waals surface area contributed by atoms with Gasteiger partial charge in [-0.1, -0.05) is 24.3 Å². The summed E-state index contributed by atoms with van der Waals surface area (Å²) in [6.45, 7) is 0.390. The van der Waals surface area contributed by atoms with E-state index in [0.29, 0.717) is 0 Å². The summed E-state index contributed by atoms with van der Waals surface area (Å²) in [6, 6.07) is 7.44. The zero-order chi connectivity index (χ0) is 21.1. The van der Waals surface area contributed by atoms with Gasteiger partial charge < -0.3 is 19.6 Å². The predicted molar refractivity (Wildman–Crippen MR) is 107 cm³/mol. The molecule has 2 heterocycles. The molecule has 0 aliphatic heterocycles. The van der Waals surface area contributed by atoms with Gasteiger partial charge in [-0.3, -0.25) is 9.13 Å². The van der Waals surface area contributed by atoms with E-state index in [-0.39, 0.29) is 25.7 Å². The molecular formula is C19H24N2O6P2+2. The van der Waals surface area contributed by atoms with Gasteiger partial charge in [0.1, 0.15) is 6.16 Å². The van der Waals surface area contributed by atoms with Gasteiger partial charge in [0.2, 0.25) is 0 Å². The third-order valence-electron chi connectivity index (χ3n) is 4.93. The van der Waals surface area contributed by atoms with Crippen molar-refractivity contribution in [1.82, 2.24) is 0 Å². The van der Waals surface area contributed by atoms with Crippen LogP contribution in [0.2, 0.25) is 0 Å². The summed E-state index contributed by atoms with van der Waals surface area (Å²) in [5.41, 5.74) is 1.85. The standard InChI is InChI=1S/C19H22N2O6P2/c22-28(23,24)15-14-20-10-4-17(5-11-20)18-6-12-21(13-7-18)16-19(29(25,26)27)8-2-1-3-9-19/h1-8,10-13H,9,14-16H2,(H2-2,22,23,24,25,26,27)/p+2. The first kappa shape index (κ1) is 21.8. The Balaban J connectivity index is 1.73. The van der Waals surface area contributed by atoms with Gasteiger partial charge in [-0.15, -0.1) is 0 Å². The minimum absolute atomic E-state index is 0.162. The summed E-state index contributed by atoms with van der Waals surface area (Å²) in [5.74, 6) is 0. The SMILES string of the molecule is O=P(O)(O)CC[n+]1ccc(-c2cc[n+](CC3(P(=O)(O)O)C=CC=CC3)cc2)cc1. The predicted octanol–water partition coefficient (Wildman–Crippen LogP) is 1.54. The first-order chi connectivity index (χ1) is 13.6. The molecule has 4 N–H and O–H groups in total. The van der Waals surface area contributed by atoms with Gasteiger partial charge >= 0.3 is 15.2 Å². The van der Waals surface area contributed by atoms with Crippen molar-refractivity contribution < 1.29 is 37.8 Å². The zero-order valence-electron chi connectivity index (χ0n) is 15.7. The van der Waals surface area contributed by atoms with Crippen LogP contribution in [0.3, 0.4) is 0 Å². The molecule has 1 aliphatic rings. The molecule has 1 unspecified atom stereocenters. The second-order valence-corrected chi connectivity index (χ2v) is 10.9. The molecular weight excluding hydrogens is 414 g/mol. The summed E-state index contributed by atoms with van der Waals surface area (Å²) in [6.07, 6.45) is 13.9. The second-order valence-electron chi connectivity index (χ2n) is 7.11. The quantitative estimate of drug-likeness (QED) is 0.384. The van der Waals surface area contributed by atoms with Crippen molar-refractivity contribution >= 4 is 15.2 Å². The molecule has 2 aromatic rings. The lowest BCUT2D eigenvalue weighted by Crippen LogP contribution is -2.46. The lowest BCUT2D eigenvalue weighted by Gasteiger charge is -2.28. The molecule has 2 aromatic heterocycles. The summed E-state index contributed by atoms with van der Waals surface area (Å²) >= 11 is 0. The van der Waals surface area contributed by atoms with E-state index in [4.69, 9.17) is 9.79 Å². The number of hydrogen-bond donors (Lipinski definition) is 4. The maximum absolute atomic E-state index is 12.1. The molecule has 0 aromatic carbocycles. The maximum atomic E-state index is 12.1. The van der Waals surface area contributed by atoms with Crippen LogP contribution in [0, 0.1) is 0 Å². The van der Waals surface area contributed by atoms with Crippen LogP contribution >= 0.6 is 15.2 Å². The van der Waals surface area contributed by atoms with Gasteiger partial charge in [0, 0.05) is 24.3 Å². The molecule has 0 saturated heterocycles. The number of hydrogen-bond acceptors (Lipinski definition) is 2. The van der Waals surface area contributed by atoms with Crippen LogP contribution in [0.15, 0.2) is 73.4 Å². The fraction of sp³-hybridized carbons (Fsp3) is 0.263. The highest BCUT2D eigenvalue weighted by molar-refractivity contribution is 7.53. The molecule has 29 heavy (non-hydrogen) atoms.